The highest BCUT2D eigenvalue weighted by Gasteiger charge is 2.61. The molecule has 4 nitrogen and oxygen atoms in total. The van der Waals surface area contributed by atoms with Crippen molar-refractivity contribution in [2.45, 2.75) is 38.6 Å². The standard InChI is InChI=1S/C32H32N2O2/c1-31(2)23-15-16-32(30(31)17-23,34-19-27-25-10-6-4-8-22(25)12-14-29(27)36)20-33-18-26-24-9-5-3-7-21(24)11-13-28(26)35/h3-14,18-19,23,30,35-36H,15-17,20H2,1-2H3/t23-,30?,32?/m0/s1. The Hall–Kier alpha value is -3.66. The molecule has 0 spiro atoms. The van der Waals surface area contributed by atoms with E-state index in [0.29, 0.717) is 12.5 Å². The largest absolute Gasteiger partial charge is 0.507 e. The van der Waals surface area contributed by atoms with Crippen molar-refractivity contribution in [1.29, 1.82) is 0 Å². The minimum absolute atomic E-state index is 0.216. The van der Waals surface area contributed by atoms with Crippen molar-refractivity contribution in [3.63, 3.8) is 0 Å². The fourth-order valence-corrected chi connectivity index (χ4v) is 6.73. The topological polar surface area (TPSA) is 65.2 Å². The summed E-state index contributed by atoms with van der Waals surface area (Å²) in [7, 11) is 0. The molecule has 36 heavy (non-hydrogen) atoms. The quantitative estimate of drug-likeness (QED) is 0.301. The third-order valence-corrected chi connectivity index (χ3v) is 8.98. The van der Waals surface area contributed by atoms with Gasteiger partial charge in [0.05, 0.1) is 12.1 Å². The molecule has 0 saturated heterocycles. The van der Waals surface area contributed by atoms with Gasteiger partial charge in [0.25, 0.3) is 0 Å². The molecule has 3 aliphatic rings. The zero-order chi connectivity index (χ0) is 24.9. The summed E-state index contributed by atoms with van der Waals surface area (Å²) >= 11 is 0. The lowest BCUT2D eigenvalue weighted by Crippen LogP contribution is -2.61. The van der Waals surface area contributed by atoms with Gasteiger partial charge in [0.1, 0.15) is 11.5 Å². The smallest absolute Gasteiger partial charge is 0.124 e. The predicted molar refractivity (Wildman–Crippen MR) is 149 cm³/mol. The van der Waals surface area contributed by atoms with Crippen molar-refractivity contribution in [2.75, 3.05) is 6.54 Å². The maximum atomic E-state index is 10.7. The van der Waals surface area contributed by atoms with E-state index < -0.39 is 0 Å². The van der Waals surface area contributed by atoms with Gasteiger partial charge in [-0.3, -0.25) is 9.98 Å². The Kier molecular flexibility index (Phi) is 5.36. The third kappa shape index (κ3) is 3.59. The molecule has 2 unspecified atom stereocenters. The Morgan fingerprint density at radius 3 is 1.97 bits per heavy atom. The van der Waals surface area contributed by atoms with Gasteiger partial charge in [-0.25, -0.2) is 0 Å². The molecule has 2 N–H and O–H groups in total. The minimum atomic E-state index is -0.335. The van der Waals surface area contributed by atoms with Gasteiger partial charge in [0, 0.05) is 23.6 Å². The van der Waals surface area contributed by atoms with Crippen LogP contribution in [0.15, 0.2) is 82.8 Å². The van der Waals surface area contributed by atoms with Gasteiger partial charge in [-0.1, -0.05) is 74.5 Å². The van der Waals surface area contributed by atoms with E-state index in [1.54, 1.807) is 12.1 Å². The fourth-order valence-electron chi connectivity index (χ4n) is 6.73. The summed E-state index contributed by atoms with van der Waals surface area (Å²) in [5.41, 5.74) is 1.40. The van der Waals surface area contributed by atoms with Crippen LogP contribution >= 0.6 is 0 Å². The first kappa shape index (κ1) is 22.8. The number of benzene rings is 4. The first-order chi connectivity index (χ1) is 17.4. The molecule has 182 valence electrons. The highest BCUT2D eigenvalue weighted by atomic mass is 16.3. The summed E-state index contributed by atoms with van der Waals surface area (Å²) in [5.74, 6) is 1.65. The highest BCUT2D eigenvalue weighted by Crippen LogP contribution is 2.64. The summed E-state index contributed by atoms with van der Waals surface area (Å²) in [6.45, 7) is 5.29. The molecule has 4 aromatic carbocycles. The van der Waals surface area contributed by atoms with Crippen LogP contribution in [0.5, 0.6) is 11.5 Å². The second-order valence-electron chi connectivity index (χ2n) is 11.1. The lowest BCUT2D eigenvalue weighted by atomic mass is 9.43. The van der Waals surface area contributed by atoms with E-state index in [9.17, 15) is 10.2 Å². The minimum Gasteiger partial charge on any atom is -0.507 e. The Balaban J connectivity index is 1.39. The number of fused-ring (bicyclic) bond motifs is 4. The molecule has 4 heteroatoms. The fraction of sp³-hybridized carbons (Fsp3) is 0.312. The maximum absolute atomic E-state index is 10.7. The molecule has 7 rings (SSSR count). The highest BCUT2D eigenvalue weighted by molar-refractivity contribution is 6.03. The van der Waals surface area contributed by atoms with E-state index >= 15 is 0 Å². The van der Waals surface area contributed by atoms with Crippen LogP contribution in [0, 0.1) is 17.3 Å². The third-order valence-electron chi connectivity index (χ3n) is 8.98. The van der Waals surface area contributed by atoms with Crippen LogP contribution in [-0.4, -0.2) is 34.7 Å². The Labute approximate surface area is 212 Å². The van der Waals surface area contributed by atoms with E-state index in [0.717, 1.165) is 51.4 Å². The van der Waals surface area contributed by atoms with E-state index in [4.69, 9.17) is 9.98 Å². The van der Waals surface area contributed by atoms with E-state index in [1.165, 1.54) is 6.42 Å². The van der Waals surface area contributed by atoms with Crippen molar-refractivity contribution in [1.82, 2.24) is 0 Å². The van der Waals surface area contributed by atoms with Crippen LogP contribution in [0.25, 0.3) is 21.5 Å². The van der Waals surface area contributed by atoms with Gasteiger partial charge >= 0.3 is 0 Å². The van der Waals surface area contributed by atoms with Crippen LogP contribution < -0.4 is 0 Å². The summed E-state index contributed by atoms with van der Waals surface area (Å²) in [6, 6.07) is 23.5. The maximum Gasteiger partial charge on any atom is 0.124 e. The van der Waals surface area contributed by atoms with Crippen LogP contribution in [-0.2, 0) is 0 Å². The van der Waals surface area contributed by atoms with Crippen LogP contribution in [0.1, 0.15) is 44.2 Å². The average molecular weight is 477 g/mol. The predicted octanol–water partition coefficient (Wildman–Crippen LogP) is 7.14. The second kappa shape index (κ2) is 8.48. The number of hydrogen-bond acceptors (Lipinski definition) is 4. The van der Waals surface area contributed by atoms with Crippen LogP contribution in [0.4, 0.5) is 0 Å². The molecular formula is C32H32N2O2. The average Bonchev–Trinajstić information content (AvgIpc) is 2.89. The molecule has 3 aliphatic carbocycles. The number of rotatable bonds is 5. The number of nitrogens with zero attached hydrogens (tertiary/aromatic N) is 2. The summed E-state index contributed by atoms with van der Waals surface area (Å²) < 4.78 is 0. The molecule has 0 radical (unpaired) electrons. The summed E-state index contributed by atoms with van der Waals surface area (Å²) in [5, 5.41) is 25.5. The monoisotopic (exact) mass is 476 g/mol. The van der Waals surface area contributed by atoms with Crippen LogP contribution in [0.2, 0.25) is 0 Å². The number of aromatic hydroxyl groups is 2. The normalized spacial score (nSPS) is 25.1. The van der Waals surface area contributed by atoms with E-state index in [-0.39, 0.29) is 22.5 Å². The molecule has 3 fully saturated rings. The van der Waals surface area contributed by atoms with Gasteiger partial charge in [-0.2, -0.15) is 0 Å². The molecule has 2 bridgehead atoms. The van der Waals surface area contributed by atoms with Gasteiger partial charge in [0.2, 0.25) is 0 Å². The lowest BCUT2D eigenvalue weighted by Gasteiger charge is -2.63. The van der Waals surface area contributed by atoms with Gasteiger partial charge in [-0.15, -0.1) is 0 Å². The Bertz CT molecular complexity index is 1520. The SMILES string of the molecule is CC1(C)C2C[C@@H]1CCC2(CN=Cc1c(O)ccc2ccccc12)N=Cc1c(O)ccc2ccccc12. The van der Waals surface area contributed by atoms with Crippen molar-refractivity contribution in [3.05, 3.63) is 83.9 Å². The molecule has 3 atom stereocenters. The molecule has 0 amide bonds. The van der Waals surface area contributed by atoms with Crippen LogP contribution in [0.3, 0.4) is 0 Å². The van der Waals surface area contributed by atoms with Crippen molar-refractivity contribution in [2.24, 2.45) is 27.2 Å². The number of aliphatic imine (C=N–C) groups is 2. The molecule has 0 aliphatic heterocycles. The van der Waals surface area contributed by atoms with Crippen molar-refractivity contribution >= 4 is 34.0 Å². The first-order valence-corrected chi connectivity index (χ1v) is 12.9. The first-order valence-electron chi connectivity index (χ1n) is 12.9. The van der Waals surface area contributed by atoms with Crippen molar-refractivity contribution < 1.29 is 10.2 Å². The van der Waals surface area contributed by atoms with Crippen molar-refractivity contribution in [3.8, 4) is 11.5 Å². The zero-order valence-corrected chi connectivity index (χ0v) is 20.9. The number of phenols is 2. The van der Waals surface area contributed by atoms with Gasteiger partial charge in [-0.05, 0) is 70.2 Å². The number of phenolic OH excluding ortho intramolecular Hbond substituents is 2. The Morgan fingerprint density at radius 1 is 0.806 bits per heavy atom. The Morgan fingerprint density at radius 2 is 1.39 bits per heavy atom. The zero-order valence-electron chi connectivity index (χ0n) is 20.9. The lowest BCUT2D eigenvalue weighted by molar-refractivity contribution is -0.112. The molecule has 4 aromatic rings. The molecule has 0 aromatic heterocycles. The van der Waals surface area contributed by atoms with E-state index in [1.807, 2.05) is 67.0 Å². The molecular weight excluding hydrogens is 444 g/mol. The second-order valence-corrected chi connectivity index (χ2v) is 11.1. The van der Waals surface area contributed by atoms with E-state index in [2.05, 4.69) is 19.9 Å². The summed E-state index contributed by atoms with van der Waals surface area (Å²) in [6.07, 6.45) is 6.99. The molecule has 3 saturated carbocycles. The number of hydrogen-bond donors (Lipinski definition) is 2. The van der Waals surface area contributed by atoms with Gasteiger partial charge in [0.15, 0.2) is 0 Å². The van der Waals surface area contributed by atoms with Gasteiger partial charge < -0.3 is 10.2 Å². The molecule has 0 heterocycles. The summed E-state index contributed by atoms with van der Waals surface area (Å²) in [4.78, 5) is 10.2.